The standard InChI is InChI=1S/C13H18ClNO3.ClH/c1-10(13(16)17)15(2)7-4-8-18-12-6-3-5-11(14)9-12;/h3,5-6,9-10H,4,7-8H2,1-2H3,(H,16,17);1H. The first kappa shape index (κ1) is 18.0. The van der Waals surface area contributed by atoms with Crippen molar-refractivity contribution in [2.45, 2.75) is 19.4 Å². The van der Waals surface area contributed by atoms with E-state index in [-0.39, 0.29) is 12.4 Å². The maximum atomic E-state index is 10.7. The van der Waals surface area contributed by atoms with Crippen molar-refractivity contribution in [1.29, 1.82) is 0 Å². The van der Waals surface area contributed by atoms with E-state index < -0.39 is 12.0 Å². The highest BCUT2D eigenvalue weighted by Gasteiger charge is 2.15. The number of hydrogen-bond donors (Lipinski definition) is 1. The topological polar surface area (TPSA) is 49.8 Å². The number of likely N-dealkylation sites (N-methyl/N-ethyl adjacent to an activating group) is 1. The molecular formula is C13H19Cl2NO3. The summed E-state index contributed by atoms with van der Waals surface area (Å²) in [6.45, 7) is 2.88. The van der Waals surface area contributed by atoms with Crippen LogP contribution in [-0.2, 0) is 4.79 Å². The lowest BCUT2D eigenvalue weighted by atomic mass is 10.3. The molecule has 1 aromatic carbocycles. The van der Waals surface area contributed by atoms with Gasteiger partial charge in [0.2, 0.25) is 0 Å². The number of ether oxygens (including phenoxy) is 1. The van der Waals surface area contributed by atoms with E-state index >= 15 is 0 Å². The number of carboxylic acids is 1. The normalized spacial score (nSPS) is 11.8. The summed E-state index contributed by atoms with van der Waals surface area (Å²) < 4.78 is 5.52. The number of nitrogens with zero attached hydrogens (tertiary/aromatic N) is 1. The number of carbonyl (C=O) groups is 1. The summed E-state index contributed by atoms with van der Waals surface area (Å²) in [7, 11) is 1.79. The number of benzene rings is 1. The number of hydrogen-bond acceptors (Lipinski definition) is 3. The molecule has 4 nitrogen and oxygen atoms in total. The average Bonchev–Trinajstić information content (AvgIpc) is 2.33. The van der Waals surface area contributed by atoms with Crippen LogP contribution in [0.2, 0.25) is 5.02 Å². The molecule has 1 rings (SSSR count). The molecule has 0 aliphatic carbocycles. The molecule has 19 heavy (non-hydrogen) atoms. The van der Waals surface area contributed by atoms with Gasteiger partial charge in [0.15, 0.2) is 0 Å². The van der Waals surface area contributed by atoms with Crippen molar-refractivity contribution in [3.8, 4) is 5.75 Å². The summed E-state index contributed by atoms with van der Waals surface area (Å²) in [5, 5.41) is 9.47. The second-order valence-corrected chi connectivity index (χ2v) is 4.59. The van der Waals surface area contributed by atoms with Gasteiger partial charge in [0.05, 0.1) is 6.61 Å². The molecule has 0 aliphatic heterocycles. The minimum Gasteiger partial charge on any atom is -0.493 e. The van der Waals surface area contributed by atoms with E-state index in [9.17, 15) is 4.79 Å². The fourth-order valence-corrected chi connectivity index (χ4v) is 1.62. The lowest BCUT2D eigenvalue weighted by Gasteiger charge is -2.20. The third kappa shape index (κ3) is 6.66. The monoisotopic (exact) mass is 307 g/mol. The summed E-state index contributed by atoms with van der Waals surface area (Å²) in [5.41, 5.74) is 0. The molecule has 1 atom stereocenters. The molecule has 0 heterocycles. The van der Waals surface area contributed by atoms with Gasteiger partial charge in [-0.05, 0) is 38.6 Å². The Morgan fingerprint density at radius 2 is 2.21 bits per heavy atom. The van der Waals surface area contributed by atoms with Gasteiger partial charge in [0, 0.05) is 11.6 Å². The SMILES string of the molecule is CC(C(=O)O)N(C)CCCOc1cccc(Cl)c1.Cl. The smallest absolute Gasteiger partial charge is 0.320 e. The van der Waals surface area contributed by atoms with Gasteiger partial charge in [-0.3, -0.25) is 9.69 Å². The van der Waals surface area contributed by atoms with Crippen LogP contribution in [0.25, 0.3) is 0 Å². The maximum Gasteiger partial charge on any atom is 0.320 e. The second kappa shape index (κ2) is 9.02. The van der Waals surface area contributed by atoms with Gasteiger partial charge in [0.1, 0.15) is 11.8 Å². The van der Waals surface area contributed by atoms with Gasteiger partial charge in [-0.2, -0.15) is 0 Å². The van der Waals surface area contributed by atoms with Crippen LogP contribution >= 0.6 is 24.0 Å². The fraction of sp³-hybridized carbons (Fsp3) is 0.462. The van der Waals surface area contributed by atoms with Crippen molar-refractivity contribution in [3.05, 3.63) is 29.3 Å². The van der Waals surface area contributed by atoms with E-state index in [2.05, 4.69) is 0 Å². The molecule has 0 amide bonds. The Bertz CT molecular complexity index is 401. The molecular weight excluding hydrogens is 289 g/mol. The van der Waals surface area contributed by atoms with Gasteiger partial charge >= 0.3 is 5.97 Å². The third-order valence-electron chi connectivity index (χ3n) is 2.74. The van der Waals surface area contributed by atoms with Gasteiger partial charge in [-0.1, -0.05) is 17.7 Å². The van der Waals surface area contributed by atoms with Crippen molar-refractivity contribution < 1.29 is 14.6 Å². The van der Waals surface area contributed by atoms with Gasteiger partial charge in [0.25, 0.3) is 0 Å². The van der Waals surface area contributed by atoms with Crippen LogP contribution in [0.3, 0.4) is 0 Å². The molecule has 1 unspecified atom stereocenters. The zero-order valence-corrected chi connectivity index (χ0v) is 12.6. The molecule has 0 aromatic heterocycles. The molecule has 0 saturated heterocycles. The molecule has 0 radical (unpaired) electrons. The molecule has 0 aliphatic rings. The highest BCUT2D eigenvalue weighted by molar-refractivity contribution is 6.30. The van der Waals surface area contributed by atoms with Crippen molar-refractivity contribution in [3.63, 3.8) is 0 Å². The summed E-state index contributed by atoms with van der Waals surface area (Å²) in [6.07, 6.45) is 0.765. The quantitative estimate of drug-likeness (QED) is 0.787. The van der Waals surface area contributed by atoms with E-state index in [0.717, 1.165) is 12.2 Å². The van der Waals surface area contributed by atoms with Crippen molar-refractivity contribution in [2.24, 2.45) is 0 Å². The molecule has 0 fully saturated rings. The summed E-state index contributed by atoms with van der Waals surface area (Å²) in [5.74, 6) is -0.0790. The fourth-order valence-electron chi connectivity index (χ4n) is 1.44. The summed E-state index contributed by atoms with van der Waals surface area (Å²) in [4.78, 5) is 12.5. The Labute approximate surface area is 124 Å². The van der Waals surface area contributed by atoms with E-state index in [1.54, 1.807) is 31.0 Å². The first-order chi connectivity index (χ1) is 8.50. The van der Waals surface area contributed by atoms with Crippen molar-refractivity contribution in [2.75, 3.05) is 20.2 Å². The molecule has 1 aromatic rings. The highest BCUT2D eigenvalue weighted by Crippen LogP contribution is 2.17. The van der Waals surface area contributed by atoms with E-state index in [1.807, 2.05) is 12.1 Å². The van der Waals surface area contributed by atoms with Gasteiger partial charge < -0.3 is 9.84 Å². The van der Waals surface area contributed by atoms with E-state index in [1.165, 1.54) is 0 Å². The zero-order valence-electron chi connectivity index (χ0n) is 11.0. The van der Waals surface area contributed by atoms with Crippen molar-refractivity contribution >= 4 is 30.0 Å². The van der Waals surface area contributed by atoms with E-state index in [4.69, 9.17) is 21.4 Å². The highest BCUT2D eigenvalue weighted by atomic mass is 35.5. The largest absolute Gasteiger partial charge is 0.493 e. The average molecular weight is 308 g/mol. The maximum absolute atomic E-state index is 10.7. The Morgan fingerprint density at radius 3 is 2.79 bits per heavy atom. The first-order valence-corrected chi connectivity index (χ1v) is 6.20. The van der Waals surface area contributed by atoms with Crippen LogP contribution in [0, 0.1) is 0 Å². The molecule has 6 heteroatoms. The number of aliphatic carboxylic acids is 1. The van der Waals surface area contributed by atoms with Gasteiger partial charge in [-0.25, -0.2) is 0 Å². The lowest BCUT2D eigenvalue weighted by Crippen LogP contribution is -2.36. The number of halogens is 2. The Morgan fingerprint density at radius 1 is 1.53 bits per heavy atom. The predicted molar refractivity (Wildman–Crippen MR) is 78.5 cm³/mol. The number of rotatable bonds is 7. The predicted octanol–water partition coefficient (Wildman–Crippen LogP) is 2.94. The van der Waals surface area contributed by atoms with Crippen LogP contribution in [0.15, 0.2) is 24.3 Å². The second-order valence-electron chi connectivity index (χ2n) is 4.15. The zero-order chi connectivity index (χ0) is 13.5. The minimum absolute atomic E-state index is 0. The van der Waals surface area contributed by atoms with Crippen LogP contribution in [0.5, 0.6) is 5.75 Å². The Hall–Kier alpha value is -0.970. The molecule has 0 spiro atoms. The lowest BCUT2D eigenvalue weighted by molar-refractivity contribution is -0.142. The first-order valence-electron chi connectivity index (χ1n) is 5.82. The van der Waals surface area contributed by atoms with Gasteiger partial charge in [-0.15, -0.1) is 12.4 Å². The Kier molecular flexibility index (Phi) is 8.56. The molecule has 1 N–H and O–H groups in total. The number of carboxylic acid groups (broad SMARTS) is 1. The Balaban J connectivity index is 0.00000324. The molecule has 108 valence electrons. The van der Waals surface area contributed by atoms with Crippen LogP contribution in [0.4, 0.5) is 0 Å². The summed E-state index contributed by atoms with van der Waals surface area (Å²) in [6, 6.07) is 6.74. The molecule has 0 saturated carbocycles. The molecule has 0 bridgehead atoms. The summed E-state index contributed by atoms with van der Waals surface area (Å²) >= 11 is 5.83. The van der Waals surface area contributed by atoms with Crippen LogP contribution < -0.4 is 4.74 Å². The van der Waals surface area contributed by atoms with Crippen LogP contribution in [-0.4, -0.2) is 42.2 Å². The van der Waals surface area contributed by atoms with E-state index in [0.29, 0.717) is 18.2 Å². The third-order valence-corrected chi connectivity index (χ3v) is 2.97. The van der Waals surface area contributed by atoms with Crippen molar-refractivity contribution in [1.82, 2.24) is 4.90 Å². The minimum atomic E-state index is -0.812. The van der Waals surface area contributed by atoms with Crippen LogP contribution in [0.1, 0.15) is 13.3 Å².